The van der Waals surface area contributed by atoms with Crippen LogP contribution >= 0.6 is 0 Å². The topological polar surface area (TPSA) is 87.5 Å². The lowest BCUT2D eigenvalue weighted by Gasteiger charge is -2.41. The van der Waals surface area contributed by atoms with Crippen LogP contribution in [0.2, 0.25) is 0 Å². The van der Waals surface area contributed by atoms with Crippen LogP contribution < -0.4 is 5.73 Å². The van der Waals surface area contributed by atoms with Crippen LogP contribution in [0.5, 0.6) is 0 Å². The average molecular weight is 355 g/mol. The molecule has 3 saturated heterocycles. The molecule has 26 heavy (non-hydrogen) atoms. The number of primary amides is 1. The summed E-state index contributed by atoms with van der Waals surface area (Å²) in [6.07, 6.45) is 2.31. The molecule has 4 heterocycles. The van der Waals surface area contributed by atoms with Crippen LogP contribution in [-0.2, 0) is 10.3 Å². The number of rotatable bonds is 5. The van der Waals surface area contributed by atoms with Crippen LogP contribution in [0, 0.1) is 5.92 Å². The number of imidazole rings is 1. The number of aromatic amines is 1. The maximum atomic E-state index is 11.7. The summed E-state index contributed by atoms with van der Waals surface area (Å²) in [5.41, 5.74) is 7.62. The third-order valence-corrected chi connectivity index (χ3v) is 6.35. The van der Waals surface area contributed by atoms with Crippen molar-refractivity contribution in [3.63, 3.8) is 0 Å². The number of morpholine rings is 1. The lowest BCUT2D eigenvalue weighted by atomic mass is 9.72. The summed E-state index contributed by atoms with van der Waals surface area (Å²) >= 11 is 0. The number of nitrogens with one attached hydrogen (secondary N) is 1. The van der Waals surface area contributed by atoms with Crippen molar-refractivity contribution >= 4 is 16.9 Å². The van der Waals surface area contributed by atoms with E-state index in [2.05, 4.69) is 14.8 Å². The van der Waals surface area contributed by atoms with Crippen molar-refractivity contribution in [2.24, 2.45) is 11.7 Å². The molecule has 4 aliphatic rings. The zero-order valence-electron chi connectivity index (χ0n) is 14.9. The first kappa shape index (κ1) is 16.2. The third kappa shape index (κ3) is 2.46. The van der Waals surface area contributed by atoms with Crippen LogP contribution in [0.3, 0.4) is 0 Å². The monoisotopic (exact) mass is 355 g/mol. The van der Waals surface area contributed by atoms with Gasteiger partial charge in [0.1, 0.15) is 11.3 Å². The quantitative estimate of drug-likeness (QED) is 0.833. The minimum Gasteiger partial charge on any atom is -0.379 e. The van der Waals surface area contributed by atoms with Gasteiger partial charge in [-0.25, -0.2) is 4.98 Å². The van der Waals surface area contributed by atoms with Crippen molar-refractivity contribution in [3.8, 4) is 0 Å². The SMILES string of the molecule is NC(=O)c1cccc2[nH]c(C34CC(CN3CCN3CCOCC3)C4)nc12. The predicted octanol–water partition coefficient (Wildman–Crippen LogP) is 0.915. The summed E-state index contributed by atoms with van der Waals surface area (Å²) < 4.78 is 5.45. The Kier molecular flexibility index (Phi) is 3.77. The highest BCUT2D eigenvalue weighted by molar-refractivity contribution is 6.04. The molecule has 138 valence electrons. The van der Waals surface area contributed by atoms with Gasteiger partial charge in [0.05, 0.1) is 29.8 Å². The number of carbonyl (C=O) groups is 1. The normalized spacial score (nSPS) is 29.2. The maximum absolute atomic E-state index is 11.7. The van der Waals surface area contributed by atoms with Crippen molar-refractivity contribution in [1.82, 2.24) is 19.8 Å². The number of fused-ring (bicyclic) bond motifs is 2. The summed E-state index contributed by atoms with van der Waals surface area (Å²) in [6, 6.07) is 5.58. The molecule has 4 fully saturated rings. The van der Waals surface area contributed by atoms with Gasteiger partial charge in [-0.05, 0) is 30.9 Å². The number of aromatic nitrogens is 2. The molecule has 6 rings (SSSR count). The second kappa shape index (κ2) is 6.04. The van der Waals surface area contributed by atoms with Crippen LogP contribution in [0.4, 0.5) is 0 Å². The fourth-order valence-electron chi connectivity index (χ4n) is 4.96. The zero-order valence-corrected chi connectivity index (χ0v) is 14.9. The van der Waals surface area contributed by atoms with Gasteiger partial charge in [0, 0.05) is 32.7 Å². The number of H-pyrrole nitrogens is 1. The summed E-state index contributed by atoms with van der Waals surface area (Å²) in [6.45, 7) is 7.00. The van der Waals surface area contributed by atoms with E-state index in [1.807, 2.05) is 12.1 Å². The van der Waals surface area contributed by atoms with E-state index in [0.717, 1.165) is 76.0 Å². The van der Waals surface area contributed by atoms with E-state index in [1.165, 1.54) is 0 Å². The van der Waals surface area contributed by atoms with Gasteiger partial charge in [-0.2, -0.15) is 0 Å². The molecule has 2 bridgehead atoms. The van der Waals surface area contributed by atoms with Crippen LogP contribution in [0.25, 0.3) is 11.0 Å². The highest BCUT2D eigenvalue weighted by atomic mass is 16.5. The molecule has 0 atom stereocenters. The Morgan fingerprint density at radius 2 is 2.12 bits per heavy atom. The number of hydrogen-bond donors (Lipinski definition) is 2. The molecule has 3 N–H and O–H groups in total. The molecule has 0 spiro atoms. The summed E-state index contributed by atoms with van der Waals surface area (Å²) in [4.78, 5) is 25.1. The zero-order chi connectivity index (χ0) is 17.7. The van der Waals surface area contributed by atoms with Crippen LogP contribution in [-0.4, -0.2) is 71.6 Å². The standard InChI is InChI=1S/C19H25N5O2/c20-17(25)14-2-1-3-15-16(14)22-18(21-15)19-10-13(11-19)12-24(19)5-4-23-6-8-26-9-7-23/h1-3,13H,4-12H2,(H2,20,25)(H,21,22). The Morgan fingerprint density at radius 3 is 2.88 bits per heavy atom. The van der Waals surface area contributed by atoms with Gasteiger partial charge in [0.2, 0.25) is 0 Å². The second-order valence-corrected chi connectivity index (χ2v) is 7.86. The van der Waals surface area contributed by atoms with Gasteiger partial charge >= 0.3 is 0 Å². The highest BCUT2D eigenvalue weighted by Crippen LogP contribution is 2.56. The fraction of sp³-hybridized carbons (Fsp3) is 0.579. The molecule has 1 aromatic carbocycles. The maximum Gasteiger partial charge on any atom is 0.250 e. The molecular formula is C19H25N5O2. The minimum absolute atomic E-state index is 0.00485. The highest BCUT2D eigenvalue weighted by Gasteiger charge is 2.58. The van der Waals surface area contributed by atoms with Gasteiger partial charge in [-0.1, -0.05) is 6.07 Å². The molecular weight excluding hydrogens is 330 g/mol. The summed E-state index contributed by atoms with van der Waals surface area (Å²) in [5.74, 6) is 1.34. The van der Waals surface area contributed by atoms with Crippen molar-refractivity contribution in [1.29, 1.82) is 0 Å². The van der Waals surface area contributed by atoms with Gasteiger partial charge < -0.3 is 15.5 Å². The molecule has 1 amide bonds. The first-order valence-electron chi connectivity index (χ1n) is 9.50. The molecule has 1 aromatic heterocycles. The molecule has 0 unspecified atom stereocenters. The molecule has 1 aliphatic carbocycles. The lowest BCUT2D eigenvalue weighted by Crippen LogP contribution is -2.47. The molecule has 0 radical (unpaired) electrons. The van der Waals surface area contributed by atoms with E-state index in [9.17, 15) is 4.79 Å². The van der Waals surface area contributed by atoms with Crippen molar-refractivity contribution in [2.75, 3.05) is 45.9 Å². The van der Waals surface area contributed by atoms with E-state index in [4.69, 9.17) is 15.5 Å². The van der Waals surface area contributed by atoms with Gasteiger partial charge in [-0.3, -0.25) is 14.6 Å². The smallest absolute Gasteiger partial charge is 0.250 e. The van der Waals surface area contributed by atoms with E-state index >= 15 is 0 Å². The molecule has 7 heteroatoms. The Balaban J connectivity index is 1.40. The number of para-hydroxylation sites is 1. The predicted molar refractivity (Wildman–Crippen MR) is 97.8 cm³/mol. The first-order chi connectivity index (χ1) is 12.7. The average Bonchev–Trinajstić information content (AvgIpc) is 3.30. The second-order valence-electron chi connectivity index (χ2n) is 7.86. The first-order valence-corrected chi connectivity index (χ1v) is 9.50. The molecule has 3 aliphatic heterocycles. The Morgan fingerprint density at radius 1 is 1.31 bits per heavy atom. The summed E-state index contributed by atoms with van der Waals surface area (Å²) in [5, 5.41) is 0. The van der Waals surface area contributed by atoms with Gasteiger partial charge in [-0.15, -0.1) is 0 Å². The number of nitrogens with zero attached hydrogens (tertiary/aromatic N) is 3. The van der Waals surface area contributed by atoms with Crippen molar-refractivity contribution < 1.29 is 9.53 Å². The van der Waals surface area contributed by atoms with E-state index in [1.54, 1.807) is 6.07 Å². The largest absolute Gasteiger partial charge is 0.379 e. The van der Waals surface area contributed by atoms with Crippen molar-refractivity contribution in [3.05, 3.63) is 29.6 Å². The number of benzene rings is 1. The minimum atomic E-state index is -0.423. The van der Waals surface area contributed by atoms with E-state index < -0.39 is 5.91 Å². The van der Waals surface area contributed by atoms with E-state index in [-0.39, 0.29) is 5.54 Å². The van der Waals surface area contributed by atoms with Crippen molar-refractivity contribution in [2.45, 2.75) is 18.4 Å². The lowest BCUT2D eigenvalue weighted by molar-refractivity contribution is 0.0250. The Labute approximate surface area is 152 Å². The fourth-order valence-corrected chi connectivity index (χ4v) is 4.96. The molecule has 2 aromatic rings. The van der Waals surface area contributed by atoms with Gasteiger partial charge in [0.25, 0.3) is 5.91 Å². The molecule has 7 nitrogen and oxygen atoms in total. The number of ether oxygens (including phenoxy) is 1. The Hall–Kier alpha value is -1.96. The van der Waals surface area contributed by atoms with Gasteiger partial charge in [0.15, 0.2) is 0 Å². The third-order valence-electron chi connectivity index (χ3n) is 6.35. The molecule has 1 saturated carbocycles. The number of hydrogen-bond acceptors (Lipinski definition) is 5. The Bertz CT molecular complexity index is 836. The van der Waals surface area contributed by atoms with Crippen LogP contribution in [0.15, 0.2) is 18.2 Å². The number of amides is 1. The van der Waals surface area contributed by atoms with Crippen LogP contribution in [0.1, 0.15) is 29.0 Å². The van der Waals surface area contributed by atoms with E-state index in [0.29, 0.717) is 11.1 Å². The number of nitrogens with two attached hydrogens (primary N) is 1. The number of carbonyl (C=O) groups excluding carboxylic acids is 1. The summed E-state index contributed by atoms with van der Waals surface area (Å²) in [7, 11) is 0.